The van der Waals surface area contributed by atoms with Crippen molar-refractivity contribution in [1.82, 2.24) is 5.32 Å². The Balaban J connectivity index is 1.91. The predicted molar refractivity (Wildman–Crippen MR) is 83.4 cm³/mol. The topological polar surface area (TPSA) is 55.1 Å². The number of nitrogens with one attached hydrogen (secondary N) is 1. The Labute approximate surface area is 124 Å². The first-order chi connectivity index (χ1) is 9.68. The standard InChI is InChI=1S/C17H32N2O/c1-14(15-9-5-2-3-6-10-15)19-16(20)17(13-18)11-7-4-8-12-17/h14-15H,2-13,18H2,1H3,(H,19,20)/t14-/m1/s1. The van der Waals surface area contributed by atoms with Crippen molar-refractivity contribution in [3.63, 3.8) is 0 Å². The molecule has 0 unspecified atom stereocenters. The minimum absolute atomic E-state index is 0.233. The normalized spacial score (nSPS) is 25.7. The second-order valence-electron chi connectivity index (χ2n) is 7.06. The summed E-state index contributed by atoms with van der Waals surface area (Å²) in [7, 11) is 0. The summed E-state index contributed by atoms with van der Waals surface area (Å²) >= 11 is 0. The highest BCUT2D eigenvalue weighted by Gasteiger charge is 2.39. The van der Waals surface area contributed by atoms with Gasteiger partial charge in [-0.2, -0.15) is 0 Å². The molecular formula is C17H32N2O. The van der Waals surface area contributed by atoms with E-state index in [1.165, 1.54) is 44.9 Å². The molecule has 3 nitrogen and oxygen atoms in total. The zero-order valence-electron chi connectivity index (χ0n) is 13.1. The molecule has 20 heavy (non-hydrogen) atoms. The second kappa shape index (κ2) is 7.44. The van der Waals surface area contributed by atoms with Crippen LogP contribution in [0.25, 0.3) is 0 Å². The van der Waals surface area contributed by atoms with Gasteiger partial charge in [0.15, 0.2) is 0 Å². The van der Waals surface area contributed by atoms with E-state index in [0.29, 0.717) is 18.5 Å². The lowest BCUT2D eigenvalue weighted by atomic mass is 9.73. The van der Waals surface area contributed by atoms with Crippen LogP contribution in [0.5, 0.6) is 0 Å². The van der Waals surface area contributed by atoms with Crippen molar-refractivity contribution < 1.29 is 4.79 Å². The van der Waals surface area contributed by atoms with E-state index in [4.69, 9.17) is 5.73 Å². The van der Waals surface area contributed by atoms with Gasteiger partial charge < -0.3 is 11.1 Å². The van der Waals surface area contributed by atoms with Gasteiger partial charge in [0.1, 0.15) is 0 Å². The Kier molecular flexibility index (Phi) is 5.88. The van der Waals surface area contributed by atoms with Gasteiger partial charge in [-0.05, 0) is 38.5 Å². The molecule has 3 heteroatoms. The largest absolute Gasteiger partial charge is 0.353 e. The first-order valence-electron chi connectivity index (χ1n) is 8.69. The summed E-state index contributed by atoms with van der Waals surface area (Å²) in [5.74, 6) is 0.899. The molecule has 0 heterocycles. The fourth-order valence-electron chi connectivity index (χ4n) is 4.04. The van der Waals surface area contributed by atoms with Gasteiger partial charge in [-0.3, -0.25) is 4.79 Å². The summed E-state index contributed by atoms with van der Waals surface area (Å²) in [6.07, 6.45) is 13.5. The van der Waals surface area contributed by atoms with Crippen molar-refractivity contribution >= 4 is 5.91 Å². The monoisotopic (exact) mass is 280 g/mol. The molecule has 2 rings (SSSR count). The van der Waals surface area contributed by atoms with Crippen LogP contribution in [0.4, 0.5) is 0 Å². The number of carbonyl (C=O) groups is 1. The minimum Gasteiger partial charge on any atom is -0.353 e. The summed E-state index contributed by atoms with van der Waals surface area (Å²) in [4.78, 5) is 12.7. The summed E-state index contributed by atoms with van der Waals surface area (Å²) in [6, 6.07) is 0.311. The van der Waals surface area contributed by atoms with Gasteiger partial charge in [-0.25, -0.2) is 0 Å². The molecule has 2 aliphatic carbocycles. The van der Waals surface area contributed by atoms with Gasteiger partial charge in [0.25, 0.3) is 0 Å². The Hall–Kier alpha value is -0.570. The Morgan fingerprint density at radius 3 is 2.20 bits per heavy atom. The van der Waals surface area contributed by atoms with E-state index in [-0.39, 0.29) is 11.3 Å². The van der Waals surface area contributed by atoms with Crippen molar-refractivity contribution in [2.24, 2.45) is 17.1 Å². The Morgan fingerprint density at radius 2 is 1.65 bits per heavy atom. The number of hydrogen-bond donors (Lipinski definition) is 2. The molecule has 3 N–H and O–H groups in total. The number of amides is 1. The quantitative estimate of drug-likeness (QED) is 0.776. The van der Waals surface area contributed by atoms with Gasteiger partial charge in [-0.1, -0.05) is 44.9 Å². The fourth-order valence-corrected chi connectivity index (χ4v) is 4.04. The Morgan fingerprint density at radius 1 is 1.10 bits per heavy atom. The highest BCUT2D eigenvalue weighted by atomic mass is 16.2. The molecule has 0 radical (unpaired) electrons. The lowest BCUT2D eigenvalue weighted by molar-refractivity contribution is -0.133. The first kappa shape index (κ1) is 15.8. The molecule has 0 aromatic heterocycles. The average Bonchev–Trinajstić information content (AvgIpc) is 2.77. The molecule has 0 aromatic rings. The SMILES string of the molecule is C[C@@H](NC(=O)C1(CN)CCCCC1)C1CCCCCC1. The summed E-state index contributed by atoms with van der Waals surface area (Å²) in [5, 5.41) is 3.32. The van der Waals surface area contributed by atoms with Crippen LogP contribution in [0.15, 0.2) is 0 Å². The minimum atomic E-state index is -0.267. The lowest BCUT2D eigenvalue weighted by Crippen LogP contribution is -2.51. The predicted octanol–water partition coefficient (Wildman–Crippen LogP) is 3.37. The molecule has 2 aliphatic rings. The highest BCUT2D eigenvalue weighted by molar-refractivity contribution is 5.83. The molecule has 2 fully saturated rings. The van der Waals surface area contributed by atoms with Gasteiger partial charge >= 0.3 is 0 Å². The van der Waals surface area contributed by atoms with Gasteiger partial charge in [0.2, 0.25) is 5.91 Å². The zero-order valence-corrected chi connectivity index (χ0v) is 13.1. The van der Waals surface area contributed by atoms with Crippen LogP contribution in [-0.4, -0.2) is 18.5 Å². The maximum atomic E-state index is 12.7. The molecule has 0 bridgehead atoms. The molecule has 0 aliphatic heterocycles. The smallest absolute Gasteiger partial charge is 0.227 e. The highest BCUT2D eigenvalue weighted by Crippen LogP contribution is 2.36. The van der Waals surface area contributed by atoms with Crippen LogP contribution in [0.2, 0.25) is 0 Å². The summed E-state index contributed by atoms with van der Waals surface area (Å²) < 4.78 is 0. The third-order valence-electron chi connectivity index (χ3n) is 5.65. The van der Waals surface area contributed by atoms with Crippen molar-refractivity contribution in [2.75, 3.05) is 6.54 Å². The number of hydrogen-bond acceptors (Lipinski definition) is 2. The molecule has 116 valence electrons. The van der Waals surface area contributed by atoms with E-state index in [1.54, 1.807) is 0 Å². The molecule has 1 atom stereocenters. The van der Waals surface area contributed by atoms with Crippen molar-refractivity contribution in [3.8, 4) is 0 Å². The number of nitrogens with two attached hydrogens (primary N) is 1. The van der Waals surface area contributed by atoms with Crippen molar-refractivity contribution in [3.05, 3.63) is 0 Å². The number of carbonyl (C=O) groups excluding carboxylic acids is 1. The second-order valence-corrected chi connectivity index (χ2v) is 7.06. The van der Waals surface area contributed by atoms with E-state index in [1.807, 2.05) is 0 Å². The van der Waals surface area contributed by atoms with Crippen LogP contribution in [0, 0.1) is 11.3 Å². The zero-order chi connectivity index (χ0) is 14.4. The van der Waals surface area contributed by atoms with Crippen LogP contribution in [0.3, 0.4) is 0 Å². The van der Waals surface area contributed by atoms with Crippen LogP contribution in [-0.2, 0) is 4.79 Å². The number of rotatable bonds is 4. The van der Waals surface area contributed by atoms with Crippen LogP contribution < -0.4 is 11.1 Å². The third-order valence-corrected chi connectivity index (χ3v) is 5.65. The van der Waals surface area contributed by atoms with Gasteiger partial charge in [0, 0.05) is 12.6 Å². The van der Waals surface area contributed by atoms with E-state index in [2.05, 4.69) is 12.2 Å². The summed E-state index contributed by atoms with van der Waals surface area (Å²) in [6.45, 7) is 2.71. The maximum absolute atomic E-state index is 12.7. The van der Waals surface area contributed by atoms with E-state index < -0.39 is 0 Å². The maximum Gasteiger partial charge on any atom is 0.227 e. The van der Waals surface area contributed by atoms with E-state index in [9.17, 15) is 4.79 Å². The van der Waals surface area contributed by atoms with Crippen LogP contribution in [0.1, 0.15) is 77.6 Å². The summed E-state index contributed by atoms with van der Waals surface area (Å²) in [5.41, 5.74) is 5.69. The first-order valence-corrected chi connectivity index (χ1v) is 8.69. The van der Waals surface area contributed by atoms with Gasteiger partial charge in [0.05, 0.1) is 5.41 Å². The molecule has 2 saturated carbocycles. The molecule has 0 saturated heterocycles. The van der Waals surface area contributed by atoms with Crippen LogP contribution >= 0.6 is 0 Å². The lowest BCUT2D eigenvalue weighted by Gasteiger charge is -2.36. The average molecular weight is 280 g/mol. The molecule has 1 amide bonds. The van der Waals surface area contributed by atoms with Crippen molar-refractivity contribution in [2.45, 2.75) is 83.6 Å². The van der Waals surface area contributed by atoms with Crippen molar-refractivity contribution in [1.29, 1.82) is 0 Å². The third kappa shape index (κ3) is 3.75. The van der Waals surface area contributed by atoms with E-state index in [0.717, 1.165) is 25.7 Å². The Bertz CT molecular complexity index is 302. The molecule has 0 spiro atoms. The fraction of sp³-hybridized carbons (Fsp3) is 0.941. The van der Waals surface area contributed by atoms with E-state index >= 15 is 0 Å². The molecule has 0 aromatic carbocycles. The molecular weight excluding hydrogens is 248 g/mol. The van der Waals surface area contributed by atoms with Gasteiger partial charge in [-0.15, -0.1) is 0 Å².